The molecule has 26 heavy (non-hydrogen) atoms. The number of ether oxygens (including phenoxy) is 1. The second-order valence-electron chi connectivity index (χ2n) is 5.93. The lowest BCUT2D eigenvalue weighted by molar-refractivity contribution is 0.251. The number of fused-ring (bicyclic) bond motifs is 1. The number of aromatic nitrogens is 3. The molecule has 0 bridgehead atoms. The van der Waals surface area contributed by atoms with Crippen molar-refractivity contribution < 1.29 is 18.8 Å². The van der Waals surface area contributed by atoms with E-state index in [4.69, 9.17) is 18.7 Å². The molecule has 0 unspecified atom stereocenters. The summed E-state index contributed by atoms with van der Waals surface area (Å²) in [5.74, 6) is 1.68. The molecule has 0 saturated heterocycles. The lowest BCUT2D eigenvalue weighted by atomic mass is 10.1. The Bertz CT molecular complexity index is 1060. The first-order chi connectivity index (χ1) is 12.6. The maximum absolute atomic E-state index is 9.44. The molecule has 7 nitrogen and oxygen atoms in total. The van der Waals surface area contributed by atoms with Gasteiger partial charge in [-0.25, -0.2) is 9.97 Å². The van der Waals surface area contributed by atoms with Crippen molar-refractivity contribution in [1.82, 2.24) is 15.1 Å². The SMILES string of the molecule is COc1ccc(-c2nc(-c3c(C)noc3C)cc3cc(CO)oc23)cn1. The number of aryl methyl sites for hydroxylation is 2. The minimum absolute atomic E-state index is 0.185. The van der Waals surface area contributed by atoms with E-state index in [2.05, 4.69) is 10.1 Å². The highest BCUT2D eigenvalue weighted by atomic mass is 16.5. The molecule has 0 atom stereocenters. The van der Waals surface area contributed by atoms with E-state index >= 15 is 0 Å². The van der Waals surface area contributed by atoms with Gasteiger partial charge in [-0.3, -0.25) is 0 Å². The first kappa shape index (κ1) is 16.3. The Balaban J connectivity index is 1.98. The van der Waals surface area contributed by atoms with E-state index in [1.54, 1.807) is 25.4 Å². The van der Waals surface area contributed by atoms with E-state index < -0.39 is 0 Å². The van der Waals surface area contributed by atoms with Gasteiger partial charge in [0.2, 0.25) is 5.88 Å². The fourth-order valence-electron chi connectivity index (χ4n) is 2.99. The smallest absolute Gasteiger partial charge is 0.212 e. The second-order valence-corrected chi connectivity index (χ2v) is 5.93. The Labute approximate surface area is 149 Å². The fraction of sp³-hybridized carbons (Fsp3) is 0.211. The zero-order valence-corrected chi connectivity index (χ0v) is 14.6. The molecule has 7 heteroatoms. The van der Waals surface area contributed by atoms with Crippen molar-refractivity contribution in [3.8, 4) is 28.4 Å². The minimum Gasteiger partial charge on any atom is -0.481 e. The zero-order chi connectivity index (χ0) is 18.3. The van der Waals surface area contributed by atoms with E-state index in [0.29, 0.717) is 28.7 Å². The fourth-order valence-corrected chi connectivity index (χ4v) is 2.99. The Morgan fingerprint density at radius 2 is 2.04 bits per heavy atom. The van der Waals surface area contributed by atoms with Crippen LogP contribution in [-0.2, 0) is 6.61 Å². The number of furan rings is 1. The quantitative estimate of drug-likeness (QED) is 0.599. The van der Waals surface area contributed by atoms with Gasteiger partial charge in [-0.15, -0.1) is 0 Å². The molecule has 4 aromatic rings. The normalized spacial score (nSPS) is 11.2. The van der Waals surface area contributed by atoms with Gasteiger partial charge in [0, 0.05) is 23.2 Å². The van der Waals surface area contributed by atoms with Crippen molar-refractivity contribution in [3.05, 3.63) is 47.7 Å². The van der Waals surface area contributed by atoms with E-state index in [1.165, 1.54) is 0 Å². The van der Waals surface area contributed by atoms with Crippen molar-refractivity contribution >= 4 is 11.0 Å². The number of aliphatic hydroxyl groups excluding tert-OH is 1. The maximum Gasteiger partial charge on any atom is 0.212 e. The van der Waals surface area contributed by atoms with Crippen molar-refractivity contribution in [2.24, 2.45) is 0 Å². The number of rotatable bonds is 4. The van der Waals surface area contributed by atoms with Gasteiger partial charge in [-0.05, 0) is 32.0 Å². The van der Waals surface area contributed by atoms with Gasteiger partial charge in [-0.1, -0.05) is 5.16 Å². The predicted octanol–water partition coefficient (Wildman–Crippen LogP) is 3.66. The highest BCUT2D eigenvalue weighted by molar-refractivity contribution is 5.93. The molecule has 0 fully saturated rings. The highest BCUT2D eigenvalue weighted by Gasteiger charge is 2.19. The van der Waals surface area contributed by atoms with Crippen LogP contribution in [0.1, 0.15) is 17.2 Å². The van der Waals surface area contributed by atoms with Gasteiger partial charge in [0.1, 0.15) is 23.8 Å². The van der Waals surface area contributed by atoms with Crippen LogP contribution in [0.5, 0.6) is 5.88 Å². The van der Waals surface area contributed by atoms with E-state index in [0.717, 1.165) is 27.9 Å². The number of hydrogen-bond acceptors (Lipinski definition) is 7. The van der Waals surface area contributed by atoms with Gasteiger partial charge in [0.05, 0.1) is 24.1 Å². The van der Waals surface area contributed by atoms with Crippen LogP contribution in [0.4, 0.5) is 0 Å². The molecule has 0 aliphatic carbocycles. The molecule has 4 aromatic heterocycles. The topological polar surface area (TPSA) is 94.4 Å². The van der Waals surface area contributed by atoms with Gasteiger partial charge in [0.25, 0.3) is 0 Å². The molecular weight excluding hydrogens is 334 g/mol. The number of methoxy groups -OCH3 is 1. The third-order valence-corrected chi connectivity index (χ3v) is 4.22. The van der Waals surface area contributed by atoms with E-state index in [9.17, 15) is 5.11 Å². The average Bonchev–Trinajstić information content (AvgIpc) is 3.23. The number of pyridine rings is 2. The summed E-state index contributed by atoms with van der Waals surface area (Å²) in [4.78, 5) is 9.03. The van der Waals surface area contributed by atoms with Gasteiger partial charge in [0.15, 0.2) is 5.58 Å². The first-order valence-electron chi connectivity index (χ1n) is 8.08. The van der Waals surface area contributed by atoms with Crippen LogP contribution in [0.3, 0.4) is 0 Å². The zero-order valence-electron chi connectivity index (χ0n) is 14.6. The third-order valence-electron chi connectivity index (χ3n) is 4.22. The minimum atomic E-state index is -0.185. The van der Waals surface area contributed by atoms with Gasteiger partial charge >= 0.3 is 0 Å². The lowest BCUT2D eigenvalue weighted by Gasteiger charge is -2.07. The Kier molecular flexibility index (Phi) is 3.93. The average molecular weight is 351 g/mol. The summed E-state index contributed by atoms with van der Waals surface area (Å²) in [6.45, 7) is 3.54. The summed E-state index contributed by atoms with van der Waals surface area (Å²) in [7, 11) is 1.57. The molecular formula is C19H17N3O4. The van der Waals surface area contributed by atoms with Crippen LogP contribution in [0.2, 0.25) is 0 Å². The van der Waals surface area contributed by atoms with E-state index in [1.807, 2.05) is 26.0 Å². The molecule has 4 heterocycles. The number of hydrogen-bond donors (Lipinski definition) is 1. The summed E-state index contributed by atoms with van der Waals surface area (Å²) in [5, 5.41) is 14.3. The Hall–Kier alpha value is -3.19. The first-order valence-corrected chi connectivity index (χ1v) is 8.08. The lowest BCUT2D eigenvalue weighted by Crippen LogP contribution is -1.93. The van der Waals surface area contributed by atoms with Crippen LogP contribution >= 0.6 is 0 Å². The molecule has 0 amide bonds. The summed E-state index contributed by atoms with van der Waals surface area (Å²) >= 11 is 0. The predicted molar refractivity (Wildman–Crippen MR) is 94.7 cm³/mol. The molecule has 132 valence electrons. The Morgan fingerprint density at radius 1 is 1.19 bits per heavy atom. The molecule has 0 spiro atoms. The van der Waals surface area contributed by atoms with E-state index in [-0.39, 0.29) is 6.61 Å². The van der Waals surface area contributed by atoms with Crippen molar-refractivity contribution in [1.29, 1.82) is 0 Å². The van der Waals surface area contributed by atoms with Crippen LogP contribution in [0, 0.1) is 13.8 Å². The summed E-state index contributed by atoms with van der Waals surface area (Å²) in [6, 6.07) is 7.34. The molecule has 1 N–H and O–H groups in total. The standard InChI is InChI=1S/C19H17N3O4/c1-10-17(11(2)26-22-10)15-7-13-6-14(9-23)25-19(13)18(21-15)12-4-5-16(24-3)20-8-12/h4-8,23H,9H2,1-3H3. The second kappa shape index (κ2) is 6.27. The Morgan fingerprint density at radius 3 is 2.65 bits per heavy atom. The molecule has 0 saturated carbocycles. The van der Waals surface area contributed by atoms with Crippen molar-refractivity contribution in [2.75, 3.05) is 7.11 Å². The molecule has 0 aliphatic rings. The summed E-state index contributed by atoms with van der Waals surface area (Å²) in [6.07, 6.45) is 1.68. The molecule has 4 rings (SSSR count). The summed E-state index contributed by atoms with van der Waals surface area (Å²) < 4.78 is 16.2. The number of aliphatic hydroxyl groups is 1. The van der Waals surface area contributed by atoms with Crippen LogP contribution in [-0.4, -0.2) is 27.3 Å². The monoisotopic (exact) mass is 351 g/mol. The maximum atomic E-state index is 9.44. The van der Waals surface area contributed by atoms with Crippen LogP contribution in [0.15, 0.2) is 39.4 Å². The molecule has 0 radical (unpaired) electrons. The van der Waals surface area contributed by atoms with Crippen LogP contribution in [0.25, 0.3) is 33.5 Å². The van der Waals surface area contributed by atoms with Crippen molar-refractivity contribution in [2.45, 2.75) is 20.5 Å². The number of nitrogens with zero attached hydrogens (tertiary/aromatic N) is 3. The highest BCUT2D eigenvalue weighted by Crippen LogP contribution is 2.35. The van der Waals surface area contributed by atoms with Gasteiger partial charge < -0.3 is 18.8 Å². The third kappa shape index (κ3) is 2.62. The van der Waals surface area contributed by atoms with Crippen molar-refractivity contribution in [3.63, 3.8) is 0 Å². The van der Waals surface area contributed by atoms with Crippen LogP contribution < -0.4 is 4.74 Å². The largest absolute Gasteiger partial charge is 0.481 e. The molecule has 0 aliphatic heterocycles. The summed E-state index contributed by atoms with van der Waals surface area (Å²) in [5.41, 5.74) is 4.34. The van der Waals surface area contributed by atoms with Gasteiger partial charge in [-0.2, -0.15) is 0 Å². The molecule has 0 aromatic carbocycles.